The molecule has 1 atom stereocenters. The molecule has 2 N–H and O–H groups in total. The number of carbonyl (C=O) groups is 1. The van der Waals surface area contributed by atoms with Gasteiger partial charge in [-0.1, -0.05) is 17.7 Å². The number of hydrogen-bond acceptors (Lipinski definition) is 7. The molecule has 1 aliphatic heterocycles. The topological polar surface area (TPSA) is 104 Å². The number of pyridine rings is 1. The molecule has 9 nitrogen and oxygen atoms in total. The molecule has 1 saturated carbocycles. The summed E-state index contributed by atoms with van der Waals surface area (Å²) in [5.74, 6) is 2.55. The number of carbonyl (C=O) groups excluding carboxylic acids is 1. The number of aromatic nitrogens is 6. The lowest BCUT2D eigenvalue weighted by atomic mass is 9.89. The Labute approximate surface area is 201 Å². The van der Waals surface area contributed by atoms with Crippen molar-refractivity contribution in [2.75, 3.05) is 16.8 Å². The predicted molar refractivity (Wildman–Crippen MR) is 130 cm³/mol. The highest BCUT2D eigenvalue weighted by atomic mass is 35.5. The molecular formula is C24H25ClN8O. The van der Waals surface area contributed by atoms with Crippen molar-refractivity contribution in [1.82, 2.24) is 29.8 Å². The number of nitrogens with zero attached hydrogens (tertiary/aromatic N) is 6. The monoisotopic (exact) mass is 476 g/mol. The molecule has 4 aromatic rings. The van der Waals surface area contributed by atoms with Crippen LogP contribution in [-0.4, -0.2) is 47.6 Å². The van der Waals surface area contributed by atoms with Crippen LogP contribution in [0.2, 0.25) is 5.15 Å². The van der Waals surface area contributed by atoms with Crippen molar-refractivity contribution in [3.05, 3.63) is 59.1 Å². The standard InChI is InChI=1S/C24H25ClN8O/c1-24(19(34)13-16-5-2-10-26-21(16)25)9-4-11-32(24)23-28-22(18-6-3-12-33(18)31-23)27-20-14-17(29-30-20)15-7-8-15/h2-3,5-6,10,12,14-15H,4,7-9,11,13H2,1H3,(H2,27,28,29,30,31)/t24-/m0/s1. The van der Waals surface area contributed by atoms with Gasteiger partial charge in [-0.05, 0) is 56.4 Å². The fourth-order valence-corrected chi connectivity index (χ4v) is 4.93. The minimum Gasteiger partial charge on any atom is -0.327 e. The molecule has 2 aliphatic rings. The molecular weight excluding hydrogens is 452 g/mol. The average molecular weight is 477 g/mol. The number of ketones is 1. The van der Waals surface area contributed by atoms with Crippen LogP contribution in [0.3, 0.4) is 0 Å². The SMILES string of the molecule is C[C@@]1(C(=O)Cc2cccnc2Cl)CCCN1c1nc(Nc2cc(C3CC3)[nH]n2)c2cccn2n1. The zero-order valence-corrected chi connectivity index (χ0v) is 19.6. The Morgan fingerprint density at radius 1 is 1.32 bits per heavy atom. The molecule has 0 aromatic carbocycles. The van der Waals surface area contributed by atoms with E-state index in [2.05, 4.69) is 20.5 Å². The second kappa shape index (κ2) is 8.09. The Hall–Kier alpha value is -3.46. The molecule has 4 aromatic heterocycles. The molecule has 174 valence electrons. The Morgan fingerprint density at radius 3 is 3.03 bits per heavy atom. The number of aromatic amines is 1. The number of H-pyrrole nitrogens is 1. The highest BCUT2D eigenvalue weighted by Crippen LogP contribution is 2.40. The molecule has 0 bridgehead atoms. The summed E-state index contributed by atoms with van der Waals surface area (Å²) in [4.78, 5) is 24.5. The van der Waals surface area contributed by atoms with Crippen LogP contribution in [0.4, 0.5) is 17.6 Å². The summed E-state index contributed by atoms with van der Waals surface area (Å²) in [5, 5.41) is 16.0. The third-order valence-electron chi connectivity index (χ3n) is 6.91. The maximum atomic E-state index is 13.5. The van der Waals surface area contributed by atoms with E-state index in [1.807, 2.05) is 42.3 Å². The van der Waals surface area contributed by atoms with Gasteiger partial charge in [-0.15, -0.1) is 5.10 Å². The first-order valence-corrected chi connectivity index (χ1v) is 12.0. The number of nitrogens with one attached hydrogen (secondary N) is 2. The molecule has 0 radical (unpaired) electrons. The molecule has 5 heterocycles. The molecule has 1 aliphatic carbocycles. The highest BCUT2D eigenvalue weighted by molar-refractivity contribution is 6.30. The predicted octanol–water partition coefficient (Wildman–Crippen LogP) is 4.29. The lowest BCUT2D eigenvalue weighted by Gasteiger charge is -2.34. The summed E-state index contributed by atoms with van der Waals surface area (Å²) in [6.45, 7) is 2.67. The van der Waals surface area contributed by atoms with Gasteiger partial charge < -0.3 is 10.2 Å². The molecule has 0 unspecified atom stereocenters. The fourth-order valence-electron chi connectivity index (χ4n) is 4.74. The Morgan fingerprint density at radius 2 is 2.21 bits per heavy atom. The number of fused-ring (bicyclic) bond motifs is 1. The van der Waals surface area contributed by atoms with Crippen molar-refractivity contribution in [3.8, 4) is 0 Å². The van der Waals surface area contributed by atoms with Crippen molar-refractivity contribution in [2.45, 2.75) is 50.5 Å². The van der Waals surface area contributed by atoms with Crippen LogP contribution in [0.5, 0.6) is 0 Å². The van der Waals surface area contributed by atoms with Crippen LogP contribution < -0.4 is 10.2 Å². The smallest absolute Gasteiger partial charge is 0.246 e. The van der Waals surface area contributed by atoms with Gasteiger partial charge in [-0.3, -0.25) is 9.89 Å². The van der Waals surface area contributed by atoms with Crippen LogP contribution in [0, 0.1) is 0 Å². The fraction of sp³-hybridized carbons (Fsp3) is 0.375. The average Bonchev–Trinajstić information content (AvgIpc) is 3.20. The van der Waals surface area contributed by atoms with Gasteiger partial charge in [0.15, 0.2) is 17.4 Å². The Balaban J connectivity index is 1.32. The number of halogens is 1. The van der Waals surface area contributed by atoms with Crippen molar-refractivity contribution in [1.29, 1.82) is 0 Å². The maximum Gasteiger partial charge on any atom is 0.246 e. The quantitative estimate of drug-likeness (QED) is 0.383. The third kappa shape index (κ3) is 3.69. The van der Waals surface area contributed by atoms with Crippen LogP contribution >= 0.6 is 11.6 Å². The van der Waals surface area contributed by atoms with E-state index < -0.39 is 5.54 Å². The first-order valence-electron chi connectivity index (χ1n) is 11.6. The molecule has 0 spiro atoms. The second-order valence-corrected chi connectivity index (χ2v) is 9.65. The van der Waals surface area contributed by atoms with E-state index in [9.17, 15) is 4.79 Å². The van der Waals surface area contributed by atoms with Gasteiger partial charge in [-0.25, -0.2) is 9.50 Å². The first-order chi connectivity index (χ1) is 16.5. The second-order valence-electron chi connectivity index (χ2n) is 9.29. The number of rotatable bonds is 7. The van der Waals surface area contributed by atoms with Gasteiger partial charge in [0.05, 0.1) is 5.54 Å². The number of hydrogen-bond donors (Lipinski definition) is 2. The van der Waals surface area contributed by atoms with E-state index >= 15 is 0 Å². The summed E-state index contributed by atoms with van der Waals surface area (Å²) >= 11 is 6.23. The van der Waals surface area contributed by atoms with E-state index in [4.69, 9.17) is 21.7 Å². The zero-order chi connectivity index (χ0) is 23.3. The van der Waals surface area contributed by atoms with Crippen molar-refractivity contribution in [2.24, 2.45) is 0 Å². The minimum absolute atomic E-state index is 0.0759. The number of anilines is 3. The molecule has 2 fully saturated rings. The van der Waals surface area contributed by atoms with E-state index in [-0.39, 0.29) is 12.2 Å². The molecule has 34 heavy (non-hydrogen) atoms. The minimum atomic E-state index is -0.733. The van der Waals surface area contributed by atoms with Crippen LogP contribution in [-0.2, 0) is 11.2 Å². The van der Waals surface area contributed by atoms with Crippen LogP contribution in [0.15, 0.2) is 42.7 Å². The normalized spacial score (nSPS) is 20.2. The van der Waals surface area contributed by atoms with Gasteiger partial charge in [0.25, 0.3) is 0 Å². The van der Waals surface area contributed by atoms with Crippen molar-refractivity contribution < 1.29 is 4.79 Å². The van der Waals surface area contributed by atoms with E-state index in [0.717, 1.165) is 35.4 Å². The highest BCUT2D eigenvalue weighted by Gasteiger charge is 2.44. The van der Waals surface area contributed by atoms with Gasteiger partial charge in [-0.2, -0.15) is 10.1 Å². The van der Waals surface area contributed by atoms with E-state index in [1.54, 1.807) is 16.8 Å². The summed E-state index contributed by atoms with van der Waals surface area (Å²) < 4.78 is 1.79. The van der Waals surface area contributed by atoms with Gasteiger partial charge in [0.1, 0.15) is 10.7 Å². The molecule has 1 saturated heterocycles. The molecule has 6 rings (SSSR count). The molecule has 0 amide bonds. The number of Topliss-reactive ketones (excluding diaryl/α,β-unsaturated/α-hetero) is 1. The van der Waals surface area contributed by atoms with Crippen LogP contribution in [0.1, 0.15) is 49.8 Å². The van der Waals surface area contributed by atoms with Gasteiger partial charge in [0.2, 0.25) is 5.95 Å². The van der Waals surface area contributed by atoms with Gasteiger partial charge in [0, 0.05) is 43.0 Å². The molecule has 10 heteroatoms. The van der Waals surface area contributed by atoms with Crippen molar-refractivity contribution in [3.63, 3.8) is 0 Å². The summed E-state index contributed by atoms with van der Waals surface area (Å²) in [5.41, 5.74) is 1.99. The van der Waals surface area contributed by atoms with E-state index in [0.29, 0.717) is 29.4 Å². The first kappa shape index (κ1) is 21.1. The zero-order valence-electron chi connectivity index (χ0n) is 18.8. The van der Waals surface area contributed by atoms with E-state index in [1.165, 1.54) is 12.8 Å². The van der Waals surface area contributed by atoms with Crippen molar-refractivity contribution >= 4 is 40.5 Å². The lowest BCUT2D eigenvalue weighted by molar-refractivity contribution is -0.122. The third-order valence-corrected chi connectivity index (χ3v) is 7.25. The lowest BCUT2D eigenvalue weighted by Crippen LogP contribution is -2.49. The summed E-state index contributed by atoms with van der Waals surface area (Å²) in [6.07, 6.45) is 7.74. The Bertz CT molecular complexity index is 1380. The summed E-state index contributed by atoms with van der Waals surface area (Å²) in [6, 6.07) is 9.57. The van der Waals surface area contributed by atoms with Gasteiger partial charge >= 0.3 is 0 Å². The maximum absolute atomic E-state index is 13.5. The van der Waals surface area contributed by atoms with Crippen LogP contribution in [0.25, 0.3) is 5.52 Å². The largest absolute Gasteiger partial charge is 0.327 e. The summed E-state index contributed by atoms with van der Waals surface area (Å²) in [7, 11) is 0. The Kier molecular flexibility index (Phi) is 5.02.